The van der Waals surface area contributed by atoms with Gasteiger partial charge in [0.15, 0.2) is 0 Å². The van der Waals surface area contributed by atoms with Gasteiger partial charge < -0.3 is 19.4 Å². The van der Waals surface area contributed by atoms with Crippen LogP contribution in [0, 0.1) is 0 Å². The van der Waals surface area contributed by atoms with Gasteiger partial charge in [-0.05, 0) is 18.9 Å². The zero-order valence-electron chi connectivity index (χ0n) is 14.6. The molecule has 0 aliphatic carbocycles. The molecule has 2 aliphatic heterocycles. The molecule has 136 valence electrons. The molecule has 8 heteroatoms. The van der Waals surface area contributed by atoms with Crippen LogP contribution in [-0.4, -0.2) is 83.6 Å². The summed E-state index contributed by atoms with van der Waals surface area (Å²) in [5.74, 6) is 0.598. The zero-order chi connectivity index (χ0) is 17.6. The van der Waals surface area contributed by atoms with Gasteiger partial charge in [-0.3, -0.25) is 9.59 Å². The molecular weight excluding hydrogens is 322 g/mol. The van der Waals surface area contributed by atoms with Crippen LogP contribution in [0.4, 0.5) is 5.95 Å². The largest absolute Gasteiger partial charge is 0.376 e. The van der Waals surface area contributed by atoms with E-state index in [4.69, 9.17) is 4.74 Å². The minimum atomic E-state index is -0.0832. The molecule has 25 heavy (non-hydrogen) atoms. The van der Waals surface area contributed by atoms with Gasteiger partial charge in [0.1, 0.15) is 0 Å². The van der Waals surface area contributed by atoms with E-state index in [1.807, 2.05) is 4.90 Å². The molecule has 0 aromatic carbocycles. The van der Waals surface area contributed by atoms with Gasteiger partial charge in [-0.15, -0.1) is 0 Å². The summed E-state index contributed by atoms with van der Waals surface area (Å²) in [4.78, 5) is 38.4. The van der Waals surface area contributed by atoms with Crippen LogP contribution in [0.3, 0.4) is 0 Å². The summed E-state index contributed by atoms with van der Waals surface area (Å²) in [5.41, 5.74) is 0. The van der Waals surface area contributed by atoms with E-state index in [1.54, 1.807) is 23.4 Å². The Kier molecular flexibility index (Phi) is 5.80. The number of carbonyl (C=O) groups excluding carboxylic acids is 2. The lowest BCUT2D eigenvalue weighted by Crippen LogP contribution is -2.52. The van der Waals surface area contributed by atoms with E-state index >= 15 is 0 Å². The minimum Gasteiger partial charge on any atom is -0.376 e. The number of amides is 2. The van der Waals surface area contributed by atoms with Gasteiger partial charge in [0.25, 0.3) is 0 Å². The molecule has 0 spiro atoms. The lowest BCUT2D eigenvalue weighted by molar-refractivity contribution is -0.140. The predicted octanol–water partition coefficient (Wildman–Crippen LogP) is 0.153. The standard InChI is InChI=1S/C17H25N5O3/c1-14(23)22(12-15-4-2-11-25-15)13-16(24)20-7-9-21(10-8-20)17-18-5-3-6-19-17/h3,5-6,15H,2,4,7-13H2,1H3. The van der Waals surface area contributed by atoms with Crippen molar-refractivity contribution in [1.29, 1.82) is 0 Å². The van der Waals surface area contributed by atoms with Crippen LogP contribution >= 0.6 is 0 Å². The molecule has 0 bridgehead atoms. The van der Waals surface area contributed by atoms with Crippen molar-refractivity contribution < 1.29 is 14.3 Å². The Morgan fingerprint density at radius 2 is 1.96 bits per heavy atom. The van der Waals surface area contributed by atoms with Gasteiger partial charge in [0.2, 0.25) is 17.8 Å². The van der Waals surface area contributed by atoms with E-state index in [0.29, 0.717) is 38.7 Å². The van der Waals surface area contributed by atoms with Crippen molar-refractivity contribution in [2.24, 2.45) is 0 Å². The van der Waals surface area contributed by atoms with Crippen LogP contribution in [0.2, 0.25) is 0 Å². The van der Waals surface area contributed by atoms with Crippen molar-refractivity contribution in [3.8, 4) is 0 Å². The number of aromatic nitrogens is 2. The quantitative estimate of drug-likeness (QED) is 0.755. The van der Waals surface area contributed by atoms with E-state index in [-0.39, 0.29) is 24.5 Å². The molecule has 2 amide bonds. The Bertz CT molecular complexity index is 583. The first-order chi connectivity index (χ1) is 12.1. The number of rotatable bonds is 5. The van der Waals surface area contributed by atoms with Gasteiger partial charge >= 0.3 is 0 Å². The highest BCUT2D eigenvalue weighted by Crippen LogP contribution is 2.14. The first kappa shape index (κ1) is 17.6. The summed E-state index contributed by atoms with van der Waals surface area (Å²) in [5, 5.41) is 0. The molecule has 1 aromatic rings. The fourth-order valence-electron chi connectivity index (χ4n) is 3.21. The third kappa shape index (κ3) is 4.66. The highest BCUT2D eigenvalue weighted by Gasteiger charge is 2.26. The summed E-state index contributed by atoms with van der Waals surface area (Å²) in [6, 6.07) is 1.79. The molecule has 3 heterocycles. The first-order valence-electron chi connectivity index (χ1n) is 8.80. The van der Waals surface area contributed by atoms with Crippen LogP contribution in [-0.2, 0) is 14.3 Å². The molecule has 8 nitrogen and oxygen atoms in total. The lowest BCUT2D eigenvalue weighted by atomic mass is 10.2. The van der Waals surface area contributed by atoms with Crippen molar-refractivity contribution in [2.75, 3.05) is 50.8 Å². The van der Waals surface area contributed by atoms with Gasteiger partial charge in [-0.1, -0.05) is 0 Å². The topological polar surface area (TPSA) is 78.9 Å². The molecule has 1 unspecified atom stereocenters. The van der Waals surface area contributed by atoms with Crippen molar-refractivity contribution >= 4 is 17.8 Å². The highest BCUT2D eigenvalue weighted by atomic mass is 16.5. The van der Waals surface area contributed by atoms with E-state index in [0.717, 1.165) is 19.4 Å². The highest BCUT2D eigenvalue weighted by molar-refractivity contribution is 5.84. The molecule has 2 aliphatic rings. The smallest absolute Gasteiger partial charge is 0.242 e. The number of anilines is 1. The molecule has 2 fully saturated rings. The summed E-state index contributed by atoms with van der Waals surface area (Å²) in [6.07, 6.45) is 5.47. The molecular formula is C17H25N5O3. The van der Waals surface area contributed by atoms with E-state index in [1.165, 1.54) is 6.92 Å². The fraction of sp³-hybridized carbons (Fsp3) is 0.647. The van der Waals surface area contributed by atoms with Crippen molar-refractivity contribution in [3.05, 3.63) is 18.5 Å². The van der Waals surface area contributed by atoms with Gasteiger partial charge in [0.05, 0.1) is 12.6 Å². The van der Waals surface area contributed by atoms with Crippen LogP contribution < -0.4 is 4.90 Å². The Morgan fingerprint density at radius 3 is 2.56 bits per heavy atom. The fourth-order valence-corrected chi connectivity index (χ4v) is 3.21. The third-order valence-corrected chi connectivity index (χ3v) is 4.69. The summed E-state index contributed by atoms with van der Waals surface area (Å²) >= 11 is 0. The maximum absolute atomic E-state index is 12.6. The van der Waals surface area contributed by atoms with Gasteiger partial charge in [0, 0.05) is 58.6 Å². The molecule has 1 aromatic heterocycles. The maximum Gasteiger partial charge on any atom is 0.242 e. The SMILES string of the molecule is CC(=O)N(CC(=O)N1CCN(c2ncccn2)CC1)CC1CCCO1. The van der Waals surface area contributed by atoms with E-state index in [2.05, 4.69) is 14.9 Å². The minimum absolute atomic E-state index is 0.0122. The number of hydrogen-bond acceptors (Lipinski definition) is 6. The monoisotopic (exact) mass is 347 g/mol. The van der Waals surface area contributed by atoms with Crippen LogP contribution in [0.25, 0.3) is 0 Å². The number of ether oxygens (including phenoxy) is 1. The normalized spacial score (nSPS) is 20.6. The van der Waals surface area contributed by atoms with E-state index < -0.39 is 0 Å². The Morgan fingerprint density at radius 1 is 1.24 bits per heavy atom. The van der Waals surface area contributed by atoms with Gasteiger partial charge in [-0.2, -0.15) is 0 Å². The number of hydrogen-bond donors (Lipinski definition) is 0. The second-order valence-corrected chi connectivity index (χ2v) is 6.45. The van der Waals surface area contributed by atoms with Crippen molar-refractivity contribution in [2.45, 2.75) is 25.9 Å². The molecule has 3 rings (SSSR count). The maximum atomic E-state index is 12.6. The number of nitrogens with zero attached hydrogens (tertiary/aromatic N) is 5. The van der Waals surface area contributed by atoms with Gasteiger partial charge in [-0.25, -0.2) is 9.97 Å². The second kappa shape index (κ2) is 8.24. The lowest BCUT2D eigenvalue weighted by Gasteiger charge is -2.36. The summed E-state index contributed by atoms with van der Waals surface area (Å²) in [6.45, 7) is 5.49. The molecule has 0 radical (unpaired) electrons. The molecule has 0 saturated carbocycles. The first-order valence-corrected chi connectivity index (χ1v) is 8.80. The Labute approximate surface area is 147 Å². The molecule has 1 atom stereocenters. The van der Waals surface area contributed by atoms with Crippen LogP contribution in [0.15, 0.2) is 18.5 Å². The Hall–Kier alpha value is -2.22. The van der Waals surface area contributed by atoms with Crippen molar-refractivity contribution in [1.82, 2.24) is 19.8 Å². The average molecular weight is 347 g/mol. The van der Waals surface area contributed by atoms with Crippen LogP contribution in [0.1, 0.15) is 19.8 Å². The molecule has 2 saturated heterocycles. The Balaban J connectivity index is 1.50. The summed E-state index contributed by atoms with van der Waals surface area (Å²) < 4.78 is 5.58. The summed E-state index contributed by atoms with van der Waals surface area (Å²) in [7, 11) is 0. The average Bonchev–Trinajstić information content (AvgIpc) is 3.15. The number of carbonyl (C=O) groups is 2. The van der Waals surface area contributed by atoms with E-state index in [9.17, 15) is 9.59 Å². The number of piperazine rings is 1. The molecule has 0 N–H and O–H groups in total. The third-order valence-electron chi connectivity index (χ3n) is 4.69. The predicted molar refractivity (Wildman–Crippen MR) is 92.1 cm³/mol. The second-order valence-electron chi connectivity index (χ2n) is 6.45. The van der Waals surface area contributed by atoms with Crippen LogP contribution in [0.5, 0.6) is 0 Å². The zero-order valence-corrected chi connectivity index (χ0v) is 14.6. The van der Waals surface area contributed by atoms with Crippen molar-refractivity contribution in [3.63, 3.8) is 0 Å².